The van der Waals surface area contributed by atoms with Gasteiger partial charge in [0.2, 0.25) is 5.91 Å². The molecule has 1 aliphatic heterocycles. The Kier molecular flexibility index (Phi) is 5.38. The highest BCUT2D eigenvalue weighted by atomic mass is 16.5. The summed E-state index contributed by atoms with van der Waals surface area (Å²) in [5.41, 5.74) is 3.36. The molecule has 1 amide bonds. The van der Waals surface area contributed by atoms with Crippen LogP contribution in [-0.2, 0) is 21.4 Å². The summed E-state index contributed by atoms with van der Waals surface area (Å²) in [6.07, 6.45) is 2.25. The second-order valence-corrected chi connectivity index (χ2v) is 7.68. The first-order valence-corrected chi connectivity index (χ1v) is 9.94. The van der Waals surface area contributed by atoms with Crippen LogP contribution < -0.4 is 15.4 Å². The fourth-order valence-corrected chi connectivity index (χ4v) is 5.05. The third-order valence-electron chi connectivity index (χ3n) is 6.29. The summed E-state index contributed by atoms with van der Waals surface area (Å²) in [6, 6.07) is 16.0. The van der Waals surface area contributed by atoms with Crippen molar-refractivity contribution in [2.24, 2.45) is 0 Å². The van der Waals surface area contributed by atoms with Crippen molar-refractivity contribution in [1.29, 1.82) is 0 Å². The molecule has 2 N–H and O–H groups in total. The molecule has 0 radical (unpaired) electrons. The molecule has 0 unspecified atom stereocenters. The number of piperidine rings is 1. The van der Waals surface area contributed by atoms with Gasteiger partial charge in [-0.1, -0.05) is 42.5 Å². The van der Waals surface area contributed by atoms with E-state index < -0.39 is 0 Å². The van der Waals surface area contributed by atoms with Crippen molar-refractivity contribution in [3.8, 4) is 5.75 Å². The molecule has 1 aliphatic carbocycles. The third kappa shape index (κ3) is 3.19. The van der Waals surface area contributed by atoms with E-state index in [0.29, 0.717) is 0 Å². The molecule has 0 bridgehead atoms. The van der Waals surface area contributed by atoms with E-state index in [9.17, 15) is 4.79 Å². The van der Waals surface area contributed by atoms with Crippen molar-refractivity contribution in [1.82, 2.24) is 10.6 Å². The third-order valence-corrected chi connectivity index (χ3v) is 6.29. The Morgan fingerprint density at radius 3 is 2.57 bits per heavy atom. The van der Waals surface area contributed by atoms with Gasteiger partial charge >= 0.3 is 0 Å². The van der Waals surface area contributed by atoms with E-state index in [0.717, 1.165) is 37.2 Å². The molecule has 0 saturated carbocycles. The minimum absolute atomic E-state index is 0.0164. The molecule has 5 nitrogen and oxygen atoms in total. The van der Waals surface area contributed by atoms with Crippen LogP contribution in [0.5, 0.6) is 5.75 Å². The number of ether oxygens (including phenoxy) is 2. The number of fused-ring (bicyclic) bond motifs is 2. The Hall–Kier alpha value is -2.37. The van der Waals surface area contributed by atoms with Crippen molar-refractivity contribution in [3.05, 3.63) is 65.2 Å². The van der Waals surface area contributed by atoms with E-state index in [-0.39, 0.29) is 29.9 Å². The SMILES string of the molecule is COc1ccccc1CC(=O)N[C@H]1c2ccccc2C2(CCNCC2)[C@@H]1OC. The van der Waals surface area contributed by atoms with Gasteiger partial charge in [0, 0.05) is 18.1 Å². The summed E-state index contributed by atoms with van der Waals surface area (Å²) >= 11 is 0. The van der Waals surface area contributed by atoms with Crippen LogP contribution in [0.4, 0.5) is 0 Å². The number of hydrogen-bond donors (Lipinski definition) is 2. The zero-order valence-electron chi connectivity index (χ0n) is 16.5. The molecule has 2 atom stereocenters. The monoisotopic (exact) mass is 380 g/mol. The fourth-order valence-electron chi connectivity index (χ4n) is 5.05. The lowest BCUT2D eigenvalue weighted by Gasteiger charge is -2.40. The molecule has 1 heterocycles. The standard InChI is InChI=1S/C23H28N2O3/c1-27-19-10-6-3-7-16(19)15-20(26)25-21-17-8-4-5-9-18(17)23(22(21)28-2)11-13-24-14-12-23/h3-10,21-22,24H,11-15H2,1-2H3,(H,25,26)/t21-,22+/m0/s1. The molecule has 2 aromatic carbocycles. The lowest BCUT2D eigenvalue weighted by molar-refractivity contribution is -0.122. The molecule has 2 aliphatic rings. The van der Waals surface area contributed by atoms with E-state index in [1.54, 1.807) is 14.2 Å². The number of hydrogen-bond acceptors (Lipinski definition) is 4. The molecule has 5 heteroatoms. The predicted octanol–water partition coefficient (Wildman–Crippen LogP) is 2.75. The summed E-state index contributed by atoms with van der Waals surface area (Å²) in [4.78, 5) is 12.9. The predicted molar refractivity (Wildman–Crippen MR) is 109 cm³/mol. The maximum Gasteiger partial charge on any atom is 0.225 e. The minimum atomic E-state index is -0.137. The molecule has 1 spiro atoms. The molecule has 4 rings (SSSR count). The Bertz CT molecular complexity index is 845. The van der Waals surface area contributed by atoms with Crippen LogP contribution in [0.1, 0.15) is 35.6 Å². The number of amides is 1. The highest BCUT2D eigenvalue weighted by molar-refractivity contribution is 5.80. The molecular weight excluding hydrogens is 352 g/mol. The number of methoxy groups -OCH3 is 2. The number of nitrogens with one attached hydrogen (secondary N) is 2. The average Bonchev–Trinajstić information content (AvgIpc) is 2.97. The number of para-hydroxylation sites is 1. The van der Waals surface area contributed by atoms with Gasteiger partial charge in [0.05, 0.1) is 25.7 Å². The smallest absolute Gasteiger partial charge is 0.225 e. The van der Waals surface area contributed by atoms with Crippen LogP contribution in [0.2, 0.25) is 0 Å². The molecule has 28 heavy (non-hydrogen) atoms. The zero-order chi connectivity index (χ0) is 19.6. The lowest BCUT2D eigenvalue weighted by atomic mass is 9.72. The average molecular weight is 380 g/mol. The summed E-state index contributed by atoms with van der Waals surface area (Å²) in [5.74, 6) is 0.722. The Morgan fingerprint density at radius 1 is 1.11 bits per heavy atom. The van der Waals surface area contributed by atoms with Crippen LogP contribution in [0.25, 0.3) is 0 Å². The highest BCUT2D eigenvalue weighted by Crippen LogP contribution is 2.51. The quantitative estimate of drug-likeness (QED) is 0.837. The molecule has 2 aromatic rings. The lowest BCUT2D eigenvalue weighted by Crippen LogP contribution is -2.49. The van der Waals surface area contributed by atoms with E-state index in [4.69, 9.17) is 9.47 Å². The van der Waals surface area contributed by atoms with Crippen LogP contribution in [0.3, 0.4) is 0 Å². The van der Waals surface area contributed by atoms with Crippen molar-refractivity contribution in [3.63, 3.8) is 0 Å². The Labute approximate surface area is 166 Å². The van der Waals surface area contributed by atoms with E-state index in [2.05, 4.69) is 28.8 Å². The normalized spacial score (nSPS) is 22.6. The molecular formula is C23H28N2O3. The number of benzene rings is 2. The first-order valence-electron chi connectivity index (χ1n) is 9.94. The van der Waals surface area contributed by atoms with Crippen LogP contribution in [0.15, 0.2) is 48.5 Å². The minimum Gasteiger partial charge on any atom is -0.496 e. The number of carbonyl (C=O) groups is 1. The summed E-state index contributed by atoms with van der Waals surface area (Å²) in [6.45, 7) is 1.94. The van der Waals surface area contributed by atoms with Gasteiger partial charge < -0.3 is 20.1 Å². The molecule has 1 saturated heterocycles. The zero-order valence-corrected chi connectivity index (χ0v) is 16.5. The van der Waals surface area contributed by atoms with Gasteiger partial charge in [-0.2, -0.15) is 0 Å². The number of rotatable bonds is 5. The van der Waals surface area contributed by atoms with Gasteiger partial charge in [-0.05, 0) is 43.1 Å². The van der Waals surface area contributed by atoms with E-state index in [1.165, 1.54) is 11.1 Å². The van der Waals surface area contributed by atoms with Gasteiger partial charge in [0.15, 0.2) is 0 Å². The van der Waals surface area contributed by atoms with E-state index in [1.807, 2.05) is 30.3 Å². The van der Waals surface area contributed by atoms with Crippen molar-refractivity contribution in [2.45, 2.75) is 36.8 Å². The number of carbonyl (C=O) groups excluding carboxylic acids is 1. The molecule has 0 aromatic heterocycles. The second-order valence-electron chi connectivity index (χ2n) is 7.68. The van der Waals surface area contributed by atoms with E-state index >= 15 is 0 Å². The maximum atomic E-state index is 12.9. The van der Waals surface area contributed by atoms with Gasteiger partial charge in [0.1, 0.15) is 5.75 Å². The molecule has 148 valence electrons. The summed E-state index contributed by atoms with van der Waals surface area (Å²) in [7, 11) is 3.39. The van der Waals surface area contributed by atoms with Crippen molar-refractivity contribution < 1.29 is 14.3 Å². The van der Waals surface area contributed by atoms with Crippen LogP contribution in [0, 0.1) is 0 Å². The van der Waals surface area contributed by atoms with Gasteiger partial charge in [0.25, 0.3) is 0 Å². The highest BCUT2D eigenvalue weighted by Gasteiger charge is 2.53. The van der Waals surface area contributed by atoms with Crippen molar-refractivity contribution >= 4 is 5.91 Å². The Balaban J connectivity index is 1.61. The summed E-state index contributed by atoms with van der Waals surface area (Å²) in [5, 5.41) is 6.72. The maximum absolute atomic E-state index is 12.9. The van der Waals surface area contributed by atoms with Gasteiger partial charge in [-0.3, -0.25) is 4.79 Å². The first-order chi connectivity index (χ1) is 13.7. The largest absolute Gasteiger partial charge is 0.496 e. The molecule has 1 fully saturated rings. The van der Waals surface area contributed by atoms with Crippen LogP contribution >= 0.6 is 0 Å². The summed E-state index contributed by atoms with van der Waals surface area (Å²) < 4.78 is 11.4. The van der Waals surface area contributed by atoms with Gasteiger partial charge in [-0.15, -0.1) is 0 Å². The Morgan fingerprint density at radius 2 is 1.82 bits per heavy atom. The first kappa shape index (κ1) is 19.0. The van der Waals surface area contributed by atoms with Crippen molar-refractivity contribution in [2.75, 3.05) is 27.3 Å². The van der Waals surface area contributed by atoms with Gasteiger partial charge in [-0.25, -0.2) is 0 Å². The fraction of sp³-hybridized carbons (Fsp3) is 0.435. The second kappa shape index (κ2) is 7.94. The van der Waals surface area contributed by atoms with Crippen LogP contribution in [-0.4, -0.2) is 39.3 Å². The topological polar surface area (TPSA) is 59.6 Å².